The van der Waals surface area contributed by atoms with Gasteiger partial charge < -0.3 is 14.8 Å². The van der Waals surface area contributed by atoms with Gasteiger partial charge in [0.25, 0.3) is 0 Å². The molecular formula is C18H19NO3. The molecule has 1 aliphatic rings. The van der Waals surface area contributed by atoms with Gasteiger partial charge in [0.05, 0.1) is 5.69 Å². The summed E-state index contributed by atoms with van der Waals surface area (Å²) < 4.78 is 11.3. The maximum absolute atomic E-state index is 11.9. The minimum absolute atomic E-state index is 0.0802. The number of rotatable bonds is 7. The summed E-state index contributed by atoms with van der Waals surface area (Å²) in [6.45, 7) is 0.875. The van der Waals surface area contributed by atoms with Crippen molar-refractivity contribution in [2.75, 3.05) is 18.5 Å². The summed E-state index contributed by atoms with van der Waals surface area (Å²) in [7, 11) is 0. The number of carbonyl (C=O) groups is 1. The van der Waals surface area contributed by atoms with Crippen molar-refractivity contribution in [3.05, 3.63) is 54.6 Å². The van der Waals surface area contributed by atoms with E-state index in [0.29, 0.717) is 19.0 Å². The molecule has 1 fully saturated rings. The van der Waals surface area contributed by atoms with Gasteiger partial charge >= 0.3 is 0 Å². The summed E-state index contributed by atoms with van der Waals surface area (Å²) in [5.74, 6) is 1.75. The molecule has 0 radical (unpaired) electrons. The van der Waals surface area contributed by atoms with E-state index in [0.717, 1.165) is 24.3 Å². The highest BCUT2D eigenvalue weighted by atomic mass is 16.5. The minimum Gasteiger partial charge on any atom is -0.490 e. The van der Waals surface area contributed by atoms with E-state index in [2.05, 4.69) is 5.32 Å². The fourth-order valence-corrected chi connectivity index (χ4v) is 2.10. The molecule has 2 aromatic rings. The van der Waals surface area contributed by atoms with Crippen LogP contribution in [0.4, 0.5) is 5.69 Å². The lowest BCUT2D eigenvalue weighted by molar-refractivity contribution is -0.117. The van der Waals surface area contributed by atoms with Crippen LogP contribution in [0.2, 0.25) is 0 Å². The van der Waals surface area contributed by atoms with E-state index in [9.17, 15) is 4.79 Å². The maximum Gasteiger partial charge on any atom is 0.227 e. The zero-order valence-corrected chi connectivity index (χ0v) is 12.3. The molecule has 3 rings (SSSR count). The lowest BCUT2D eigenvalue weighted by atomic mass is 10.2. The molecule has 114 valence electrons. The van der Waals surface area contributed by atoms with Crippen molar-refractivity contribution < 1.29 is 14.3 Å². The van der Waals surface area contributed by atoms with Gasteiger partial charge in [0.15, 0.2) is 0 Å². The number of hydrogen-bond donors (Lipinski definition) is 1. The normalized spacial score (nSPS) is 13.5. The highest BCUT2D eigenvalue weighted by Crippen LogP contribution is 2.32. The number of amides is 1. The zero-order chi connectivity index (χ0) is 15.2. The predicted octanol–water partition coefficient (Wildman–Crippen LogP) is 3.49. The van der Waals surface area contributed by atoms with Gasteiger partial charge in [-0.15, -0.1) is 0 Å². The Hall–Kier alpha value is -2.49. The molecule has 4 nitrogen and oxygen atoms in total. The molecule has 0 saturated heterocycles. The largest absolute Gasteiger partial charge is 0.490 e. The summed E-state index contributed by atoms with van der Waals surface area (Å²) in [6, 6.07) is 17.1. The molecule has 0 spiro atoms. The molecule has 0 bridgehead atoms. The van der Waals surface area contributed by atoms with Gasteiger partial charge in [-0.2, -0.15) is 0 Å². The Kier molecular flexibility index (Phi) is 4.59. The topological polar surface area (TPSA) is 47.6 Å². The smallest absolute Gasteiger partial charge is 0.227 e. The van der Waals surface area contributed by atoms with E-state index < -0.39 is 0 Å². The molecular weight excluding hydrogens is 278 g/mol. The lowest BCUT2D eigenvalue weighted by Gasteiger charge is -2.12. The van der Waals surface area contributed by atoms with Crippen molar-refractivity contribution in [3.63, 3.8) is 0 Å². The Morgan fingerprint density at radius 1 is 0.955 bits per heavy atom. The molecule has 1 amide bonds. The lowest BCUT2D eigenvalue weighted by Crippen LogP contribution is -2.15. The zero-order valence-electron chi connectivity index (χ0n) is 12.3. The Balaban J connectivity index is 1.50. The number of para-hydroxylation sites is 3. The van der Waals surface area contributed by atoms with Crippen molar-refractivity contribution in [1.82, 2.24) is 0 Å². The number of ether oxygens (including phenoxy) is 2. The monoisotopic (exact) mass is 297 g/mol. The third-order valence-electron chi connectivity index (χ3n) is 3.45. The van der Waals surface area contributed by atoms with E-state index in [1.807, 2.05) is 54.6 Å². The molecule has 0 unspecified atom stereocenters. The molecule has 1 aliphatic carbocycles. The first kappa shape index (κ1) is 14.4. The molecule has 1 N–H and O–H groups in total. The Labute approximate surface area is 130 Å². The maximum atomic E-state index is 11.9. The van der Waals surface area contributed by atoms with Crippen molar-refractivity contribution in [2.45, 2.75) is 12.8 Å². The standard InChI is InChI=1S/C18H19NO3/c20-18(14-10-11-14)19-16-8-4-5-9-17(16)22-13-12-21-15-6-2-1-3-7-15/h1-9,14H,10-13H2,(H,19,20). The first-order valence-electron chi connectivity index (χ1n) is 7.53. The number of anilines is 1. The highest BCUT2D eigenvalue weighted by molar-refractivity contribution is 5.95. The van der Waals surface area contributed by atoms with Crippen molar-refractivity contribution in [2.24, 2.45) is 5.92 Å². The molecule has 2 aromatic carbocycles. The van der Waals surface area contributed by atoms with Crippen LogP contribution < -0.4 is 14.8 Å². The van der Waals surface area contributed by atoms with Gasteiger partial charge in [0, 0.05) is 5.92 Å². The van der Waals surface area contributed by atoms with Gasteiger partial charge in [-0.05, 0) is 37.1 Å². The molecule has 0 aromatic heterocycles. The number of carbonyl (C=O) groups excluding carboxylic acids is 1. The second kappa shape index (κ2) is 6.98. The second-order valence-electron chi connectivity index (χ2n) is 5.27. The summed E-state index contributed by atoms with van der Waals surface area (Å²) >= 11 is 0. The average Bonchev–Trinajstić information content (AvgIpc) is 3.39. The fourth-order valence-electron chi connectivity index (χ4n) is 2.10. The van der Waals surface area contributed by atoms with Gasteiger partial charge in [-0.25, -0.2) is 0 Å². The van der Waals surface area contributed by atoms with Crippen LogP contribution in [-0.4, -0.2) is 19.1 Å². The average molecular weight is 297 g/mol. The van der Waals surface area contributed by atoms with Crippen LogP contribution in [0.15, 0.2) is 54.6 Å². The second-order valence-corrected chi connectivity index (χ2v) is 5.27. The third-order valence-corrected chi connectivity index (χ3v) is 3.45. The Morgan fingerprint density at radius 3 is 2.41 bits per heavy atom. The van der Waals surface area contributed by atoms with E-state index in [1.165, 1.54) is 0 Å². The van der Waals surface area contributed by atoms with Crippen LogP contribution in [0.3, 0.4) is 0 Å². The third kappa shape index (κ3) is 4.01. The van der Waals surface area contributed by atoms with Crippen LogP contribution >= 0.6 is 0 Å². The summed E-state index contributed by atoms with van der Waals surface area (Å²) in [5.41, 5.74) is 0.721. The van der Waals surface area contributed by atoms with Crippen LogP contribution in [0.5, 0.6) is 11.5 Å². The van der Waals surface area contributed by atoms with E-state index in [4.69, 9.17) is 9.47 Å². The van der Waals surface area contributed by atoms with Crippen LogP contribution in [0.1, 0.15) is 12.8 Å². The molecule has 0 heterocycles. The minimum atomic E-state index is 0.0802. The van der Waals surface area contributed by atoms with Crippen molar-refractivity contribution in [1.29, 1.82) is 0 Å². The number of benzene rings is 2. The Morgan fingerprint density at radius 2 is 1.64 bits per heavy atom. The molecule has 22 heavy (non-hydrogen) atoms. The number of hydrogen-bond acceptors (Lipinski definition) is 3. The summed E-state index contributed by atoms with van der Waals surface area (Å²) in [4.78, 5) is 11.9. The summed E-state index contributed by atoms with van der Waals surface area (Å²) in [6.07, 6.45) is 1.97. The van der Waals surface area contributed by atoms with Crippen LogP contribution in [0.25, 0.3) is 0 Å². The first-order chi connectivity index (χ1) is 10.8. The van der Waals surface area contributed by atoms with Gasteiger partial charge in [0.2, 0.25) is 5.91 Å². The van der Waals surface area contributed by atoms with E-state index in [1.54, 1.807) is 0 Å². The quantitative estimate of drug-likeness (QED) is 0.796. The van der Waals surface area contributed by atoms with E-state index >= 15 is 0 Å². The highest BCUT2D eigenvalue weighted by Gasteiger charge is 2.29. The first-order valence-corrected chi connectivity index (χ1v) is 7.53. The van der Waals surface area contributed by atoms with Crippen molar-refractivity contribution >= 4 is 11.6 Å². The molecule has 0 aliphatic heterocycles. The van der Waals surface area contributed by atoms with Gasteiger partial charge in [-0.1, -0.05) is 30.3 Å². The van der Waals surface area contributed by atoms with Crippen LogP contribution in [-0.2, 0) is 4.79 Å². The van der Waals surface area contributed by atoms with Gasteiger partial charge in [-0.3, -0.25) is 4.79 Å². The van der Waals surface area contributed by atoms with Crippen LogP contribution in [0, 0.1) is 5.92 Å². The fraction of sp³-hybridized carbons (Fsp3) is 0.278. The van der Waals surface area contributed by atoms with Crippen molar-refractivity contribution in [3.8, 4) is 11.5 Å². The van der Waals surface area contributed by atoms with Gasteiger partial charge in [0.1, 0.15) is 24.7 Å². The number of nitrogens with one attached hydrogen (secondary N) is 1. The molecule has 4 heteroatoms. The predicted molar refractivity (Wildman–Crippen MR) is 85.2 cm³/mol. The Bertz CT molecular complexity index is 623. The van der Waals surface area contributed by atoms with E-state index in [-0.39, 0.29) is 11.8 Å². The molecule has 0 atom stereocenters. The summed E-state index contributed by atoms with van der Waals surface area (Å²) in [5, 5.41) is 2.93. The molecule has 1 saturated carbocycles. The SMILES string of the molecule is O=C(Nc1ccccc1OCCOc1ccccc1)C1CC1.